The summed E-state index contributed by atoms with van der Waals surface area (Å²) in [5, 5.41) is 2.17. The summed E-state index contributed by atoms with van der Waals surface area (Å²) in [5.74, 6) is -2.09. The third-order valence-corrected chi connectivity index (χ3v) is 5.51. The lowest BCUT2D eigenvalue weighted by atomic mass is 10.0. The summed E-state index contributed by atoms with van der Waals surface area (Å²) in [6, 6.07) is 4.04. The second kappa shape index (κ2) is 8.42. The van der Waals surface area contributed by atoms with Crippen molar-refractivity contribution in [1.29, 1.82) is 0 Å². The topological polar surface area (TPSA) is 127 Å². The van der Waals surface area contributed by atoms with Crippen LogP contribution in [0.5, 0.6) is 0 Å². The Morgan fingerprint density at radius 1 is 1.07 bits per heavy atom. The van der Waals surface area contributed by atoms with Gasteiger partial charge < -0.3 is 0 Å². The average Bonchev–Trinajstić information content (AvgIpc) is 2.88. The third kappa shape index (κ3) is 4.88. The van der Waals surface area contributed by atoms with E-state index in [9.17, 15) is 27.6 Å². The molecule has 0 radical (unpaired) electrons. The summed E-state index contributed by atoms with van der Waals surface area (Å²) in [6.45, 7) is 0.136. The maximum atomic E-state index is 12.8. The van der Waals surface area contributed by atoms with Crippen molar-refractivity contribution in [2.75, 3.05) is 12.9 Å². The Kier molecular flexibility index (Phi) is 6.13. The lowest BCUT2D eigenvalue weighted by Crippen LogP contribution is -2.54. The summed E-state index contributed by atoms with van der Waals surface area (Å²) < 4.78 is 26.5. The van der Waals surface area contributed by atoms with Crippen LogP contribution in [0.3, 0.4) is 0 Å². The number of hydrogen-bond acceptors (Lipinski definition) is 7. The van der Waals surface area contributed by atoms with Gasteiger partial charge in [-0.3, -0.25) is 33.6 Å². The minimum Gasteiger partial charge on any atom is -0.295 e. The number of carbonyl (C=O) groups is 4. The molecule has 0 aliphatic carbocycles. The first kappa shape index (κ1) is 21.1. The van der Waals surface area contributed by atoms with Crippen LogP contribution >= 0.6 is 0 Å². The monoisotopic (exact) mass is 422 g/mol. The number of hydrogen-bond donors (Lipinski definition) is 1. The zero-order valence-corrected chi connectivity index (χ0v) is 16.8. The van der Waals surface area contributed by atoms with Gasteiger partial charge in [-0.15, -0.1) is 0 Å². The maximum Gasteiger partial charge on any atom is 0.264 e. The van der Waals surface area contributed by atoms with Gasteiger partial charge >= 0.3 is 0 Å². The molecular formula is C19H22N2O7S. The summed E-state index contributed by atoms with van der Waals surface area (Å²) >= 11 is 0. The van der Waals surface area contributed by atoms with Gasteiger partial charge in [0, 0.05) is 6.42 Å². The number of benzene rings is 1. The molecule has 1 N–H and O–H groups in total. The van der Waals surface area contributed by atoms with Gasteiger partial charge in [0.15, 0.2) is 0 Å². The number of aryl methyl sites for hydroxylation is 1. The number of carbonyl (C=O) groups excluding carboxylic acids is 4. The van der Waals surface area contributed by atoms with Crippen molar-refractivity contribution in [3.05, 3.63) is 34.9 Å². The highest BCUT2D eigenvalue weighted by molar-refractivity contribution is 7.85. The molecule has 3 rings (SSSR count). The smallest absolute Gasteiger partial charge is 0.264 e. The Morgan fingerprint density at radius 3 is 2.48 bits per heavy atom. The van der Waals surface area contributed by atoms with Gasteiger partial charge in [-0.25, -0.2) is 0 Å². The average molecular weight is 422 g/mol. The van der Waals surface area contributed by atoms with E-state index < -0.39 is 39.8 Å². The highest BCUT2D eigenvalue weighted by atomic mass is 32.2. The first-order valence-corrected chi connectivity index (χ1v) is 11.2. The second-order valence-electron chi connectivity index (χ2n) is 7.16. The van der Waals surface area contributed by atoms with Crippen molar-refractivity contribution in [2.45, 2.75) is 44.6 Å². The van der Waals surface area contributed by atoms with Crippen LogP contribution < -0.4 is 5.32 Å². The quantitative estimate of drug-likeness (QED) is 0.372. The number of nitrogens with one attached hydrogen (secondary N) is 1. The van der Waals surface area contributed by atoms with Crippen LogP contribution in [0.15, 0.2) is 18.2 Å². The number of amides is 4. The van der Waals surface area contributed by atoms with Gasteiger partial charge in [-0.05, 0) is 43.4 Å². The molecule has 0 saturated carbocycles. The highest BCUT2D eigenvalue weighted by Crippen LogP contribution is 2.28. The lowest BCUT2D eigenvalue weighted by molar-refractivity contribution is -0.136. The van der Waals surface area contributed by atoms with Gasteiger partial charge in [-0.1, -0.05) is 12.5 Å². The molecule has 1 saturated heterocycles. The van der Waals surface area contributed by atoms with Crippen molar-refractivity contribution < 1.29 is 31.8 Å². The maximum absolute atomic E-state index is 12.8. The lowest BCUT2D eigenvalue weighted by Gasteiger charge is -2.27. The number of fused-ring (bicyclic) bond motifs is 1. The van der Waals surface area contributed by atoms with Crippen LogP contribution in [-0.2, 0) is 30.3 Å². The molecular weight excluding hydrogens is 400 g/mol. The Labute approximate surface area is 168 Å². The second-order valence-corrected chi connectivity index (χ2v) is 8.81. The van der Waals surface area contributed by atoms with E-state index in [1.807, 2.05) is 0 Å². The van der Waals surface area contributed by atoms with E-state index in [0.29, 0.717) is 12.8 Å². The molecule has 0 spiro atoms. The zero-order valence-electron chi connectivity index (χ0n) is 16.0. The van der Waals surface area contributed by atoms with Crippen molar-refractivity contribution in [1.82, 2.24) is 10.2 Å². The molecule has 1 fully saturated rings. The molecule has 4 amide bonds. The molecule has 2 aliphatic rings. The van der Waals surface area contributed by atoms with Gasteiger partial charge in [0.25, 0.3) is 21.9 Å². The van der Waals surface area contributed by atoms with Crippen LogP contribution in [0.25, 0.3) is 0 Å². The fourth-order valence-electron chi connectivity index (χ4n) is 3.49. The van der Waals surface area contributed by atoms with Crippen molar-refractivity contribution in [2.24, 2.45) is 0 Å². The molecule has 9 nitrogen and oxygen atoms in total. The first-order chi connectivity index (χ1) is 13.7. The molecule has 10 heteroatoms. The summed E-state index contributed by atoms with van der Waals surface area (Å²) in [5.41, 5.74) is 1.39. The van der Waals surface area contributed by atoms with E-state index in [-0.39, 0.29) is 30.6 Å². The molecule has 0 bridgehead atoms. The van der Waals surface area contributed by atoms with E-state index in [1.54, 1.807) is 18.2 Å². The molecule has 1 atom stereocenters. The van der Waals surface area contributed by atoms with Crippen LogP contribution in [0.4, 0.5) is 0 Å². The minimum atomic E-state index is -3.42. The van der Waals surface area contributed by atoms with E-state index in [4.69, 9.17) is 0 Å². The van der Waals surface area contributed by atoms with Gasteiger partial charge in [0.2, 0.25) is 11.8 Å². The molecule has 2 heterocycles. The number of piperidine rings is 1. The Hall–Kier alpha value is -2.59. The standard InChI is InChI=1S/C19H22N2O7S/c1-29(26,27)28-10-4-2-3-5-12-6-7-13-14(11-12)19(25)21(18(13)24)15-8-9-16(22)20-17(15)23/h6-7,11,15H,2-5,8-10H2,1H3,(H,20,22,23). The molecule has 156 valence electrons. The van der Waals surface area contributed by atoms with Crippen molar-refractivity contribution in [3.8, 4) is 0 Å². The zero-order chi connectivity index (χ0) is 21.2. The molecule has 1 aromatic rings. The Bertz CT molecular complexity index is 971. The van der Waals surface area contributed by atoms with Crippen molar-refractivity contribution >= 4 is 33.7 Å². The highest BCUT2D eigenvalue weighted by Gasteiger charge is 2.44. The predicted molar refractivity (Wildman–Crippen MR) is 101 cm³/mol. The number of imide groups is 2. The SMILES string of the molecule is CS(=O)(=O)OCCCCCc1ccc2c(c1)C(=O)N(C1CCC(=O)NC1=O)C2=O. The fourth-order valence-corrected chi connectivity index (χ4v) is 3.91. The van der Waals surface area contributed by atoms with Crippen LogP contribution in [0.1, 0.15) is 58.4 Å². The van der Waals surface area contributed by atoms with Gasteiger partial charge in [-0.2, -0.15) is 8.42 Å². The normalized spacial score (nSPS) is 19.5. The summed E-state index contributed by atoms with van der Waals surface area (Å²) in [4.78, 5) is 49.7. The van der Waals surface area contributed by atoms with E-state index >= 15 is 0 Å². The van der Waals surface area contributed by atoms with E-state index in [0.717, 1.165) is 29.6 Å². The summed E-state index contributed by atoms with van der Waals surface area (Å²) in [6.07, 6.45) is 3.99. The van der Waals surface area contributed by atoms with Crippen molar-refractivity contribution in [3.63, 3.8) is 0 Å². The third-order valence-electron chi connectivity index (χ3n) is 4.91. The Balaban J connectivity index is 1.60. The number of unbranched alkanes of at least 4 members (excludes halogenated alkanes) is 2. The largest absolute Gasteiger partial charge is 0.295 e. The van der Waals surface area contributed by atoms with E-state index in [2.05, 4.69) is 9.50 Å². The molecule has 29 heavy (non-hydrogen) atoms. The van der Waals surface area contributed by atoms with E-state index in [1.165, 1.54) is 0 Å². The van der Waals surface area contributed by atoms with Crippen LogP contribution in [0, 0.1) is 0 Å². The number of rotatable bonds is 8. The molecule has 2 aliphatic heterocycles. The number of nitrogens with zero attached hydrogens (tertiary/aromatic N) is 1. The first-order valence-electron chi connectivity index (χ1n) is 9.36. The van der Waals surface area contributed by atoms with Crippen LogP contribution in [-0.4, -0.2) is 55.9 Å². The van der Waals surface area contributed by atoms with Crippen LogP contribution in [0.2, 0.25) is 0 Å². The predicted octanol–water partition coefficient (Wildman–Crippen LogP) is 0.777. The summed E-state index contributed by atoms with van der Waals surface area (Å²) in [7, 11) is -3.42. The van der Waals surface area contributed by atoms with Gasteiger partial charge in [0.1, 0.15) is 6.04 Å². The molecule has 1 aromatic carbocycles. The molecule has 0 aromatic heterocycles. The van der Waals surface area contributed by atoms with Gasteiger partial charge in [0.05, 0.1) is 24.0 Å². The minimum absolute atomic E-state index is 0.0815. The Morgan fingerprint density at radius 2 is 1.79 bits per heavy atom. The molecule has 1 unspecified atom stereocenters. The fraction of sp³-hybridized carbons (Fsp3) is 0.474.